The number of rotatable bonds is 11. The zero-order valence-corrected chi connectivity index (χ0v) is 14.4. The highest BCUT2D eigenvalue weighted by molar-refractivity contribution is 5.91. The molecule has 2 N–H and O–H groups in total. The lowest BCUT2D eigenvalue weighted by Gasteiger charge is -2.11. The van der Waals surface area contributed by atoms with E-state index in [9.17, 15) is 0 Å². The normalized spacial score (nSPS) is 10.9. The molecule has 0 aliphatic rings. The number of methoxy groups -OCH3 is 1. The predicted octanol–water partition coefficient (Wildman–Crippen LogP) is 4.22. The van der Waals surface area contributed by atoms with Crippen LogP contribution in [0, 0.1) is 0 Å². The molecule has 1 aromatic carbocycles. The second kappa shape index (κ2) is 10.1. The number of hydrogen-bond donors (Lipinski definition) is 2. The zero-order chi connectivity index (χ0) is 16.3. The summed E-state index contributed by atoms with van der Waals surface area (Å²) in [6, 6.07) is 8.08. The van der Waals surface area contributed by atoms with E-state index in [0.717, 1.165) is 42.0 Å². The van der Waals surface area contributed by atoms with Gasteiger partial charge < -0.3 is 15.4 Å². The summed E-state index contributed by atoms with van der Waals surface area (Å²) >= 11 is 0. The molecule has 126 valence electrons. The van der Waals surface area contributed by atoms with Crippen LogP contribution in [0.1, 0.15) is 39.0 Å². The largest absolute Gasteiger partial charge is 0.497 e. The van der Waals surface area contributed by atoms with Crippen molar-refractivity contribution in [3.63, 3.8) is 0 Å². The van der Waals surface area contributed by atoms with Gasteiger partial charge in [0.2, 0.25) is 0 Å². The van der Waals surface area contributed by atoms with Crippen molar-refractivity contribution in [1.29, 1.82) is 0 Å². The van der Waals surface area contributed by atoms with Crippen LogP contribution in [0.15, 0.2) is 30.5 Å². The number of nitrogens with zero attached hydrogens (tertiary/aromatic N) is 1. The molecule has 0 unspecified atom stereocenters. The van der Waals surface area contributed by atoms with Gasteiger partial charge in [-0.3, -0.25) is 4.98 Å². The lowest BCUT2D eigenvalue weighted by molar-refractivity contribution is 0.415. The smallest absolute Gasteiger partial charge is 0.121 e. The summed E-state index contributed by atoms with van der Waals surface area (Å²) in [5, 5.41) is 8.07. The Bertz CT molecular complexity index is 586. The van der Waals surface area contributed by atoms with Crippen LogP contribution in [0.4, 0.5) is 5.69 Å². The Morgan fingerprint density at radius 3 is 2.65 bits per heavy atom. The molecule has 4 heteroatoms. The van der Waals surface area contributed by atoms with E-state index < -0.39 is 0 Å². The number of pyridine rings is 1. The number of nitrogens with one attached hydrogen (secondary N) is 2. The first-order valence-electron chi connectivity index (χ1n) is 8.72. The summed E-state index contributed by atoms with van der Waals surface area (Å²) in [5.41, 5.74) is 2.07. The Balaban J connectivity index is 1.76. The minimum Gasteiger partial charge on any atom is -0.497 e. The summed E-state index contributed by atoms with van der Waals surface area (Å²) in [7, 11) is 1.70. The fourth-order valence-electron chi connectivity index (χ4n) is 2.67. The molecule has 0 aliphatic carbocycles. The van der Waals surface area contributed by atoms with Crippen molar-refractivity contribution in [2.45, 2.75) is 39.0 Å². The SMILES string of the molecule is CCCNCCCCCCNc1cc(OC)cc2cccnc12. The van der Waals surface area contributed by atoms with Gasteiger partial charge in [0.1, 0.15) is 5.75 Å². The molecule has 0 saturated carbocycles. The van der Waals surface area contributed by atoms with Crippen LogP contribution in [-0.4, -0.2) is 31.7 Å². The van der Waals surface area contributed by atoms with Crippen molar-refractivity contribution in [3.8, 4) is 5.75 Å². The maximum atomic E-state index is 5.38. The number of fused-ring (bicyclic) bond motifs is 1. The first-order valence-corrected chi connectivity index (χ1v) is 8.72. The Kier molecular flexibility index (Phi) is 7.67. The molecular formula is C19H29N3O. The van der Waals surface area contributed by atoms with E-state index in [0.29, 0.717) is 0 Å². The minimum atomic E-state index is 0.870. The number of aromatic nitrogens is 1. The maximum absolute atomic E-state index is 5.38. The molecule has 0 aliphatic heterocycles. The molecule has 0 radical (unpaired) electrons. The number of hydrogen-bond acceptors (Lipinski definition) is 4. The molecule has 2 rings (SSSR count). The molecule has 0 atom stereocenters. The molecule has 2 aromatic rings. The lowest BCUT2D eigenvalue weighted by Crippen LogP contribution is -2.15. The third-order valence-electron chi connectivity index (χ3n) is 3.94. The van der Waals surface area contributed by atoms with E-state index in [1.165, 1.54) is 32.1 Å². The minimum absolute atomic E-state index is 0.870. The number of unbranched alkanes of at least 4 members (excludes halogenated alkanes) is 3. The van der Waals surface area contributed by atoms with Crippen LogP contribution in [0.5, 0.6) is 5.75 Å². The molecule has 0 fully saturated rings. The topological polar surface area (TPSA) is 46.2 Å². The van der Waals surface area contributed by atoms with Crippen molar-refractivity contribution >= 4 is 16.6 Å². The van der Waals surface area contributed by atoms with E-state index >= 15 is 0 Å². The Labute approximate surface area is 139 Å². The monoisotopic (exact) mass is 315 g/mol. The second-order valence-electron chi connectivity index (χ2n) is 5.84. The van der Waals surface area contributed by atoms with Crippen molar-refractivity contribution in [2.75, 3.05) is 32.1 Å². The summed E-state index contributed by atoms with van der Waals surface area (Å²) < 4.78 is 5.38. The first kappa shape index (κ1) is 17.5. The van der Waals surface area contributed by atoms with Gasteiger partial charge in [-0.25, -0.2) is 0 Å². The summed E-state index contributed by atoms with van der Waals surface area (Å²) in [6.45, 7) is 5.46. The number of benzene rings is 1. The third-order valence-corrected chi connectivity index (χ3v) is 3.94. The van der Waals surface area contributed by atoms with Gasteiger partial charge in [0, 0.05) is 24.2 Å². The molecule has 1 aromatic heterocycles. The van der Waals surface area contributed by atoms with Crippen LogP contribution in [0.3, 0.4) is 0 Å². The Morgan fingerprint density at radius 2 is 1.87 bits per heavy atom. The van der Waals surface area contributed by atoms with Crippen LogP contribution < -0.4 is 15.4 Å². The Morgan fingerprint density at radius 1 is 1.04 bits per heavy atom. The predicted molar refractivity (Wildman–Crippen MR) is 98.4 cm³/mol. The van der Waals surface area contributed by atoms with E-state index in [4.69, 9.17) is 4.74 Å². The van der Waals surface area contributed by atoms with Gasteiger partial charge in [0.15, 0.2) is 0 Å². The zero-order valence-electron chi connectivity index (χ0n) is 14.4. The average Bonchev–Trinajstić information content (AvgIpc) is 2.60. The Hall–Kier alpha value is -1.81. The quantitative estimate of drug-likeness (QED) is 0.610. The highest BCUT2D eigenvalue weighted by Gasteiger charge is 2.05. The van der Waals surface area contributed by atoms with Crippen LogP contribution >= 0.6 is 0 Å². The van der Waals surface area contributed by atoms with E-state index in [1.54, 1.807) is 7.11 Å². The van der Waals surface area contributed by atoms with Crippen molar-refractivity contribution < 1.29 is 4.74 Å². The average molecular weight is 315 g/mol. The van der Waals surface area contributed by atoms with Crippen LogP contribution in [-0.2, 0) is 0 Å². The third kappa shape index (κ3) is 5.71. The number of ether oxygens (including phenoxy) is 1. The highest BCUT2D eigenvalue weighted by atomic mass is 16.5. The van der Waals surface area contributed by atoms with Gasteiger partial charge in [-0.05, 0) is 44.5 Å². The van der Waals surface area contributed by atoms with Crippen LogP contribution in [0.2, 0.25) is 0 Å². The van der Waals surface area contributed by atoms with Gasteiger partial charge in [-0.1, -0.05) is 25.8 Å². The van der Waals surface area contributed by atoms with E-state index in [-0.39, 0.29) is 0 Å². The van der Waals surface area contributed by atoms with Crippen LogP contribution in [0.25, 0.3) is 10.9 Å². The molecule has 0 amide bonds. The van der Waals surface area contributed by atoms with Crippen molar-refractivity contribution in [1.82, 2.24) is 10.3 Å². The first-order chi connectivity index (χ1) is 11.3. The molecule has 23 heavy (non-hydrogen) atoms. The van der Waals surface area contributed by atoms with Gasteiger partial charge in [0.25, 0.3) is 0 Å². The summed E-state index contributed by atoms with van der Waals surface area (Å²) in [5.74, 6) is 0.870. The lowest BCUT2D eigenvalue weighted by atomic mass is 10.1. The molecule has 1 heterocycles. The summed E-state index contributed by atoms with van der Waals surface area (Å²) in [6.07, 6.45) is 8.05. The summed E-state index contributed by atoms with van der Waals surface area (Å²) in [4.78, 5) is 4.49. The second-order valence-corrected chi connectivity index (χ2v) is 5.84. The number of anilines is 1. The van der Waals surface area contributed by atoms with E-state index in [1.807, 2.05) is 24.4 Å². The van der Waals surface area contributed by atoms with Gasteiger partial charge in [-0.2, -0.15) is 0 Å². The van der Waals surface area contributed by atoms with E-state index in [2.05, 4.69) is 28.6 Å². The fourth-order valence-corrected chi connectivity index (χ4v) is 2.67. The fraction of sp³-hybridized carbons (Fsp3) is 0.526. The highest BCUT2D eigenvalue weighted by Crippen LogP contribution is 2.27. The molecular weight excluding hydrogens is 286 g/mol. The van der Waals surface area contributed by atoms with Gasteiger partial charge in [-0.15, -0.1) is 0 Å². The van der Waals surface area contributed by atoms with Gasteiger partial charge in [0.05, 0.1) is 18.3 Å². The molecule has 0 spiro atoms. The molecule has 0 bridgehead atoms. The van der Waals surface area contributed by atoms with Crippen molar-refractivity contribution in [3.05, 3.63) is 30.5 Å². The maximum Gasteiger partial charge on any atom is 0.121 e. The molecule has 4 nitrogen and oxygen atoms in total. The molecule has 0 saturated heterocycles. The standard InChI is InChI=1S/C19H29N3O/c1-3-10-20-11-6-4-5-7-12-21-18-15-17(23-2)14-16-9-8-13-22-19(16)18/h8-9,13-15,20-21H,3-7,10-12H2,1-2H3. The van der Waals surface area contributed by atoms with Gasteiger partial charge >= 0.3 is 0 Å². The van der Waals surface area contributed by atoms with Crippen molar-refractivity contribution in [2.24, 2.45) is 0 Å².